The molecule has 1 fully saturated rings. The van der Waals surface area contributed by atoms with Crippen LogP contribution in [-0.2, 0) is 19.6 Å². The Kier molecular flexibility index (Phi) is 8.39. The van der Waals surface area contributed by atoms with Gasteiger partial charge < -0.3 is 0 Å². The van der Waals surface area contributed by atoms with E-state index >= 15 is 0 Å². The van der Waals surface area contributed by atoms with Gasteiger partial charge in [0.25, 0.3) is 0 Å². The molecule has 0 amide bonds. The van der Waals surface area contributed by atoms with Crippen molar-refractivity contribution in [2.24, 2.45) is 10.8 Å². The third-order valence-corrected chi connectivity index (χ3v) is 5.27. The van der Waals surface area contributed by atoms with E-state index in [0.29, 0.717) is 0 Å². The van der Waals surface area contributed by atoms with Gasteiger partial charge in [-0.05, 0) is 64.2 Å². The standard InChI is InChI=1S/C23H46O4/c1-11-20(5,6)18-22(9,10)25-27-23(15-13-12-14-16-23)26-24-21(7,8)17-19(2,3)4/h11-18H2,1-10H3. The van der Waals surface area contributed by atoms with Crippen molar-refractivity contribution < 1.29 is 19.6 Å². The van der Waals surface area contributed by atoms with Crippen molar-refractivity contribution >= 4 is 0 Å². The minimum Gasteiger partial charge on any atom is -0.228 e. The lowest BCUT2D eigenvalue weighted by atomic mass is 9.80. The Hall–Kier alpha value is -0.160. The van der Waals surface area contributed by atoms with Gasteiger partial charge in [0.05, 0.1) is 11.2 Å². The minimum absolute atomic E-state index is 0.164. The van der Waals surface area contributed by atoms with Crippen molar-refractivity contribution in [2.75, 3.05) is 0 Å². The molecular formula is C23H46O4. The molecule has 1 rings (SSSR count). The van der Waals surface area contributed by atoms with E-state index in [-0.39, 0.29) is 22.0 Å². The van der Waals surface area contributed by atoms with Crippen molar-refractivity contribution in [1.82, 2.24) is 0 Å². The molecule has 27 heavy (non-hydrogen) atoms. The molecule has 0 unspecified atom stereocenters. The van der Waals surface area contributed by atoms with Crippen molar-refractivity contribution in [3.8, 4) is 0 Å². The normalized spacial score (nSPS) is 19.3. The molecule has 0 heterocycles. The molecule has 0 N–H and O–H groups in total. The summed E-state index contributed by atoms with van der Waals surface area (Å²) in [5, 5.41) is 0. The molecule has 1 saturated carbocycles. The van der Waals surface area contributed by atoms with Crippen LogP contribution < -0.4 is 0 Å². The Morgan fingerprint density at radius 2 is 1.11 bits per heavy atom. The zero-order valence-corrected chi connectivity index (χ0v) is 19.8. The van der Waals surface area contributed by atoms with E-state index in [1.807, 2.05) is 0 Å². The van der Waals surface area contributed by atoms with Gasteiger partial charge in [-0.15, -0.1) is 0 Å². The average molecular weight is 387 g/mol. The molecule has 0 saturated heterocycles. The Morgan fingerprint density at radius 3 is 1.52 bits per heavy atom. The van der Waals surface area contributed by atoms with E-state index < -0.39 is 5.79 Å². The smallest absolute Gasteiger partial charge is 0.228 e. The predicted molar refractivity (Wildman–Crippen MR) is 111 cm³/mol. The van der Waals surface area contributed by atoms with E-state index in [1.54, 1.807) is 0 Å². The van der Waals surface area contributed by atoms with Gasteiger partial charge in [0, 0.05) is 12.8 Å². The molecule has 0 aromatic heterocycles. The van der Waals surface area contributed by atoms with Crippen molar-refractivity contribution in [2.45, 2.75) is 138 Å². The Balaban J connectivity index is 2.74. The molecule has 0 spiro atoms. The summed E-state index contributed by atoms with van der Waals surface area (Å²) < 4.78 is 0. The first-order valence-corrected chi connectivity index (χ1v) is 10.8. The van der Waals surface area contributed by atoms with Gasteiger partial charge in [0.2, 0.25) is 5.79 Å². The molecule has 0 aliphatic heterocycles. The third kappa shape index (κ3) is 9.74. The second-order valence-electron chi connectivity index (χ2n) is 11.8. The van der Waals surface area contributed by atoms with Gasteiger partial charge in [-0.3, -0.25) is 0 Å². The average Bonchev–Trinajstić information content (AvgIpc) is 2.49. The Labute approximate surface area is 168 Å². The summed E-state index contributed by atoms with van der Waals surface area (Å²) in [4.78, 5) is 23.9. The predicted octanol–water partition coefficient (Wildman–Crippen LogP) is 7.36. The molecule has 0 aromatic carbocycles. The van der Waals surface area contributed by atoms with Crippen LogP contribution in [0.2, 0.25) is 0 Å². The van der Waals surface area contributed by atoms with Crippen LogP contribution in [-0.4, -0.2) is 17.0 Å². The summed E-state index contributed by atoms with van der Waals surface area (Å²) in [6.45, 7) is 21.7. The first kappa shape index (κ1) is 24.9. The van der Waals surface area contributed by atoms with E-state index in [2.05, 4.69) is 69.2 Å². The second-order valence-corrected chi connectivity index (χ2v) is 11.8. The highest BCUT2D eigenvalue weighted by Gasteiger charge is 2.42. The topological polar surface area (TPSA) is 36.9 Å². The molecular weight excluding hydrogens is 340 g/mol. The number of hydrogen-bond donors (Lipinski definition) is 0. The molecule has 1 aliphatic carbocycles. The first-order chi connectivity index (χ1) is 12.1. The number of hydrogen-bond acceptors (Lipinski definition) is 4. The highest BCUT2D eigenvalue weighted by molar-refractivity contribution is 4.80. The third-order valence-electron chi connectivity index (χ3n) is 5.27. The van der Waals surface area contributed by atoms with Gasteiger partial charge >= 0.3 is 0 Å². The van der Waals surface area contributed by atoms with Gasteiger partial charge in [0.15, 0.2) is 0 Å². The molecule has 4 nitrogen and oxygen atoms in total. The van der Waals surface area contributed by atoms with Gasteiger partial charge in [0.1, 0.15) is 0 Å². The van der Waals surface area contributed by atoms with E-state index in [0.717, 1.165) is 44.9 Å². The van der Waals surface area contributed by atoms with Crippen molar-refractivity contribution in [3.63, 3.8) is 0 Å². The van der Waals surface area contributed by atoms with Crippen LogP contribution in [0.3, 0.4) is 0 Å². The van der Waals surface area contributed by atoms with Gasteiger partial charge in [-0.25, -0.2) is 9.78 Å². The van der Waals surface area contributed by atoms with Crippen LogP contribution in [0.4, 0.5) is 0 Å². The summed E-state index contributed by atoms with van der Waals surface area (Å²) in [5.74, 6) is -0.805. The zero-order chi connectivity index (χ0) is 21.0. The fourth-order valence-corrected chi connectivity index (χ4v) is 4.26. The van der Waals surface area contributed by atoms with E-state index in [9.17, 15) is 0 Å². The quantitative estimate of drug-likeness (QED) is 0.223. The summed E-state index contributed by atoms with van der Waals surface area (Å²) in [6.07, 6.45) is 7.84. The van der Waals surface area contributed by atoms with E-state index in [1.165, 1.54) is 6.42 Å². The van der Waals surface area contributed by atoms with Gasteiger partial charge in [-0.1, -0.05) is 54.4 Å². The van der Waals surface area contributed by atoms with Crippen LogP contribution in [0.15, 0.2) is 0 Å². The molecule has 0 radical (unpaired) electrons. The fourth-order valence-electron chi connectivity index (χ4n) is 4.26. The molecule has 162 valence electrons. The van der Waals surface area contributed by atoms with Crippen molar-refractivity contribution in [3.05, 3.63) is 0 Å². The highest BCUT2D eigenvalue weighted by atomic mass is 17.3. The van der Waals surface area contributed by atoms with E-state index in [4.69, 9.17) is 19.6 Å². The lowest BCUT2D eigenvalue weighted by Gasteiger charge is -2.41. The fraction of sp³-hybridized carbons (Fsp3) is 1.00. The van der Waals surface area contributed by atoms with Crippen LogP contribution in [0, 0.1) is 10.8 Å². The Bertz CT molecular complexity index is 440. The summed E-state index contributed by atoms with van der Waals surface area (Å²) >= 11 is 0. The maximum absolute atomic E-state index is 6.00. The lowest BCUT2D eigenvalue weighted by Crippen LogP contribution is -2.44. The second kappa shape index (κ2) is 9.11. The zero-order valence-electron chi connectivity index (χ0n) is 19.8. The highest BCUT2D eigenvalue weighted by Crippen LogP contribution is 2.39. The van der Waals surface area contributed by atoms with Crippen molar-refractivity contribution in [1.29, 1.82) is 0 Å². The number of rotatable bonds is 10. The molecule has 4 heteroatoms. The monoisotopic (exact) mass is 386 g/mol. The maximum Gasteiger partial charge on any atom is 0.234 e. The van der Waals surface area contributed by atoms with Gasteiger partial charge in [-0.2, -0.15) is 9.78 Å². The first-order valence-electron chi connectivity index (χ1n) is 10.8. The largest absolute Gasteiger partial charge is 0.234 e. The Morgan fingerprint density at radius 1 is 0.667 bits per heavy atom. The summed E-state index contributed by atoms with van der Waals surface area (Å²) in [6, 6.07) is 0. The van der Waals surface area contributed by atoms with Crippen LogP contribution in [0.1, 0.15) is 121 Å². The van der Waals surface area contributed by atoms with Crippen LogP contribution in [0.5, 0.6) is 0 Å². The molecule has 0 bridgehead atoms. The SMILES string of the molecule is CCC(C)(C)CC(C)(C)OOC1(OOC(C)(C)CC(C)(C)C)CCCCC1. The van der Waals surface area contributed by atoms with Crippen LogP contribution >= 0.6 is 0 Å². The van der Waals surface area contributed by atoms with Crippen LogP contribution in [0.25, 0.3) is 0 Å². The summed E-state index contributed by atoms with van der Waals surface area (Å²) in [7, 11) is 0. The molecule has 0 atom stereocenters. The maximum atomic E-state index is 6.00. The lowest BCUT2D eigenvalue weighted by molar-refractivity contribution is -0.549. The molecule has 1 aliphatic rings. The summed E-state index contributed by atoms with van der Waals surface area (Å²) in [5.41, 5.74) is -0.393. The minimum atomic E-state index is -0.805. The molecule has 0 aromatic rings.